The Bertz CT molecular complexity index is 520. The summed E-state index contributed by atoms with van der Waals surface area (Å²) < 4.78 is 0. The van der Waals surface area contributed by atoms with Crippen LogP contribution in [0.4, 0.5) is 5.69 Å². The summed E-state index contributed by atoms with van der Waals surface area (Å²) in [5.41, 5.74) is 0.550. The molecule has 1 saturated carbocycles. The molecular weight excluding hydrogens is 220 g/mol. The lowest BCUT2D eigenvalue weighted by molar-refractivity contribution is 0.0685. The van der Waals surface area contributed by atoms with Crippen LogP contribution in [0, 0.1) is 0 Å². The van der Waals surface area contributed by atoms with Crippen LogP contribution in [-0.2, 0) is 0 Å². The van der Waals surface area contributed by atoms with Crippen molar-refractivity contribution in [1.82, 2.24) is 5.32 Å². The molecule has 0 saturated heterocycles. The zero-order valence-electron chi connectivity index (χ0n) is 9.12. The van der Waals surface area contributed by atoms with Crippen molar-refractivity contribution in [2.45, 2.75) is 24.9 Å². The number of carboxylic acids is 1. The Morgan fingerprint density at radius 3 is 2.65 bits per heavy atom. The van der Waals surface area contributed by atoms with Crippen LogP contribution in [0.5, 0.6) is 0 Å². The molecule has 5 nitrogen and oxygen atoms in total. The largest absolute Gasteiger partial charge is 0.478 e. The highest BCUT2D eigenvalue weighted by molar-refractivity contribution is 6.10. The molecule has 1 fully saturated rings. The van der Waals surface area contributed by atoms with Crippen molar-refractivity contribution >= 4 is 17.6 Å². The molecule has 1 aromatic carbocycles. The molecule has 1 spiro atoms. The van der Waals surface area contributed by atoms with Gasteiger partial charge in [0.25, 0.3) is 5.91 Å². The first-order valence-electron chi connectivity index (χ1n) is 5.58. The highest BCUT2D eigenvalue weighted by atomic mass is 16.4. The van der Waals surface area contributed by atoms with Gasteiger partial charge in [-0.25, -0.2) is 4.79 Å². The Labute approximate surface area is 97.8 Å². The van der Waals surface area contributed by atoms with Crippen molar-refractivity contribution in [3.05, 3.63) is 29.3 Å². The van der Waals surface area contributed by atoms with Gasteiger partial charge in [-0.15, -0.1) is 0 Å². The SMILES string of the molecule is O=C(O)c1cccc2c1C(=O)NC1(CCC1)N2. The van der Waals surface area contributed by atoms with Crippen molar-refractivity contribution in [2.24, 2.45) is 0 Å². The average molecular weight is 232 g/mol. The fraction of sp³-hybridized carbons (Fsp3) is 0.333. The van der Waals surface area contributed by atoms with Crippen LogP contribution in [-0.4, -0.2) is 22.6 Å². The molecule has 3 rings (SSSR count). The summed E-state index contributed by atoms with van der Waals surface area (Å²) in [6.45, 7) is 0. The smallest absolute Gasteiger partial charge is 0.336 e. The van der Waals surface area contributed by atoms with Gasteiger partial charge >= 0.3 is 5.97 Å². The summed E-state index contributed by atoms with van der Waals surface area (Å²) >= 11 is 0. The molecule has 1 amide bonds. The van der Waals surface area contributed by atoms with Crippen LogP contribution >= 0.6 is 0 Å². The van der Waals surface area contributed by atoms with Crippen LogP contribution in [0.2, 0.25) is 0 Å². The first-order valence-corrected chi connectivity index (χ1v) is 5.58. The number of hydrogen-bond acceptors (Lipinski definition) is 3. The van der Waals surface area contributed by atoms with Crippen LogP contribution in [0.25, 0.3) is 0 Å². The Kier molecular flexibility index (Phi) is 1.92. The van der Waals surface area contributed by atoms with Gasteiger partial charge in [0.15, 0.2) is 0 Å². The number of hydrogen-bond donors (Lipinski definition) is 3. The lowest BCUT2D eigenvalue weighted by atomic mass is 9.82. The zero-order chi connectivity index (χ0) is 12.0. The van der Waals surface area contributed by atoms with Crippen molar-refractivity contribution in [3.8, 4) is 0 Å². The summed E-state index contributed by atoms with van der Waals surface area (Å²) in [7, 11) is 0. The second-order valence-electron chi connectivity index (χ2n) is 4.55. The number of benzene rings is 1. The van der Waals surface area contributed by atoms with Crippen LogP contribution < -0.4 is 10.6 Å². The van der Waals surface area contributed by atoms with E-state index in [2.05, 4.69) is 10.6 Å². The number of anilines is 1. The number of carboxylic acid groups (broad SMARTS) is 1. The van der Waals surface area contributed by atoms with Gasteiger partial charge in [-0.3, -0.25) is 4.79 Å². The highest BCUT2D eigenvalue weighted by Crippen LogP contribution is 2.38. The van der Waals surface area contributed by atoms with E-state index in [4.69, 9.17) is 5.11 Å². The molecule has 1 heterocycles. The predicted octanol–water partition coefficient (Wildman–Crippen LogP) is 1.42. The minimum Gasteiger partial charge on any atom is -0.478 e. The van der Waals surface area contributed by atoms with Crippen molar-refractivity contribution in [1.29, 1.82) is 0 Å². The molecule has 0 atom stereocenters. The number of carbonyl (C=O) groups is 2. The second-order valence-corrected chi connectivity index (χ2v) is 4.55. The third-order valence-corrected chi connectivity index (χ3v) is 3.46. The maximum atomic E-state index is 12.0. The molecule has 3 N–H and O–H groups in total. The van der Waals surface area contributed by atoms with E-state index in [0.717, 1.165) is 19.3 Å². The molecule has 2 aliphatic rings. The summed E-state index contributed by atoms with van der Waals surface area (Å²) in [4.78, 5) is 23.1. The molecule has 0 aromatic heterocycles. The average Bonchev–Trinajstić information content (AvgIpc) is 2.25. The lowest BCUT2D eigenvalue weighted by Gasteiger charge is -2.47. The topological polar surface area (TPSA) is 78.4 Å². The van der Waals surface area contributed by atoms with Gasteiger partial charge in [-0.05, 0) is 31.4 Å². The normalized spacial score (nSPS) is 19.9. The minimum absolute atomic E-state index is 0.0432. The maximum Gasteiger partial charge on any atom is 0.336 e. The molecule has 0 radical (unpaired) electrons. The van der Waals surface area contributed by atoms with E-state index >= 15 is 0 Å². The summed E-state index contributed by atoms with van der Waals surface area (Å²) in [5, 5.41) is 15.2. The molecule has 0 unspecified atom stereocenters. The van der Waals surface area contributed by atoms with E-state index in [1.54, 1.807) is 12.1 Å². The van der Waals surface area contributed by atoms with E-state index < -0.39 is 5.97 Å². The van der Waals surface area contributed by atoms with Gasteiger partial charge in [-0.1, -0.05) is 6.07 Å². The van der Waals surface area contributed by atoms with E-state index in [1.807, 2.05) is 0 Å². The second kappa shape index (κ2) is 3.23. The van der Waals surface area contributed by atoms with Gasteiger partial charge < -0.3 is 15.7 Å². The fourth-order valence-corrected chi connectivity index (χ4v) is 2.43. The number of nitrogens with one attached hydrogen (secondary N) is 2. The highest BCUT2D eigenvalue weighted by Gasteiger charge is 2.43. The predicted molar refractivity (Wildman–Crippen MR) is 61.1 cm³/mol. The summed E-state index contributed by atoms with van der Waals surface area (Å²) in [6, 6.07) is 4.85. The first-order chi connectivity index (χ1) is 8.11. The van der Waals surface area contributed by atoms with E-state index in [-0.39, 0.29) is 22.7 Å². The van der Waals surface area contributed by atoms with Crippen molar-refractivity contribution in [2.75, 3.05) is 5.32 Å². The van der Waals surface area contributed by atoms with Gasteiger partial charge in [0.1, 0.15) is 5.66 Å². The number of fused-ring (bicyclic) bond motifs is 1. The zero-order valence-corrected chi connectivity index (χ0v) is 9.12. The third-order valence-electron chi connectivity index (χ3n) is 3.46. The quantitative estimate of drug-likeness (QED) is 0.684. The van der Waals surface area contributed by atoms with E-state index in [9.17, 15) is 9.59 Å². The van der Waals surface area contributed by atoms with Gasteiger partial charge in [0.05, 0.1) is 11.1 Å². The Morgan fingerprint density at radius 2 is 2.06 bits per heavy atom. The number of rotatable bonds is 1. The van der Waals surface area contributed by atoms with Gasteiger partial charge in [0.2, 0.25) is 0 Å². The van der Waals surface area contributed by atoms with Gasteiger partial charge in [-0.2, -0.15) is 0 Å². The first kappa shape index (κ1) is 10.1. The van der Waals surface area contributed by atoms with Gasteiger partial charge in [0, 0.05) is 5.69 Å². The third kappa shape index (κ3) is 1.39. The standard InChI is InChI=1S/C12H12N2O3/c15-10-9-7(11(16)17)3-1-4-8(9)13-12(14-10)5-2-6-12/h1,3-4,13H,2,5-6H2,(H,14,15)(H,16,17). The molecular formula is C12H12N2O3. The number of carbonyl (C=O) groups excluding carboxylic acids is 1. The van der Waals surface area contributed by atoms with Crippen molar-refractivity contribution in [3.63, 3.8) is 0 Å². The summed E-state index contributed by atoms with van der Waals surface area (Å²) in [5.74, 6) is -1.38. The fourth-order valence-electron chi connectivity index (χ4n) is 2.43. The maximum absolute atomic E-state index is 12.0. The molecule has 1 aliphatic carbocycles. The lowest BCUT2D eigenvalue weighted by Crippen LogP contribution is -2.61. The number of aromatic carboxylic acids is 1. The Hall–Kier alpha value is -2.04. The van der Waals surface area contributed by atoms with Crippen molar-refractivity contribution < 1.29 is 14.7 Å². The molecule has 1 aliphatic heterocycles. The summed E-state index contributed by atoms with van der Waals surface area (Å²) in [6.07, 6.45) is 2.84. The minimum atomic E-state index is -1.08. The molecule has 0 bridgehead atoms. The van der Waals surface area contributed by atoms with E-state index in [0.29, 0.717) is 5.69 Å². The van der Waals surface area contributed by atoms with Crippen LogP contribution in [0.15, 0.2) is 18.2 Å². The van der Waals surface area contributed by atoms with Crippen LogP contribution in [0.3, 0.4) is 0 Å². The monoisotopic (exact) mass is 232 g/mol. The van der Waals surface area contributed by atoms with E-state index in [1.165, 1.54) is 6.07 Å². The Morgan fingerprint density at radius 1 is 1.29 bits per heavy atom. The number of amides is 1. The van der Waals surface area contributed by atoms with Crippen LogP contribution in [0.1, 0.15) is 40.0 Å². The molecule has 5 heteroatoms. The Balaban J connectivity index is 2.10. The molecule has 17 heavy (non-hydrogen) atoms. The molecule has 1 aromatic rings. The molecule has 88 valence electrons.